The van der Waals surface area contributed by atoms with Crippen molar-refractivity contribution in [2.24, 2.45) is 0 Å². The van der Waals surface area contributed by atoms with Crippen LogP contribution >= 0.6 is 0 Å². The lowest BCUT2D eigenvalue weighted by molar-refractivity contribution is 0.102. The summed E-state index contributed by atoms with van der Waals surface area (Å²) in [6, 6.07) is 8.13. The van der Waals surface area contributed by atoms with Crippen LogP contribution in [-0.4, -0.2) is 22.6 Å². The molecule has 0 radical (unpaired) electrons. The zero-order valence-corrected chi connectivity index (χ0v) is 11.4. The Balaban J connectivity index is 2.26. The van der Waals surface area contributed by atoms with E-state index in [9.17, 15) is 9.59 Å². The average Bonchev–Trinajstić information content (AvgIpc) is 2.48. The molecule has 106 valence electrons. The number of aliphatic hydroxyl groups is 1. The highest BCUT2D eigenvalue weighted by Crippen LogP contribution is 2.17. The molecule has 0 aliphatic rings. The summed E-state index contributed by atoms with van der Waals surface area (Å²) >= 11 is 0. The van der Waals surface area contributed by atoms with Crippen molar-refractivity contribution in [3.8, 4) is 11.8 Å². The fourth-order valence-corrected chi connectivity index (χ4v) is 1.76. The van der Waals surface area contributed by atoms with Crippen molar-refractivity contribution in [3.05, 3.63) is 63.6 Å². The lowest BCUT2D eigenvalue weighted by Crippen LogP contribution is -2.16. The number of aryl methyl sites for hydroxylation is 1. The van der Waals surface area contributed by atoms with Crippen molar-refractivity contribution in [2.75, 3.05) is 11.9 Å². The second-order valence-corrected chi connectivity index (χ2v) is 4.39. The first-order chi connectivity index (χ1) is 10.1. The molecule has 1 heterocycles. The minimum atomic E-state index is -0.364. The third-order valence-corrected chi connectivity index (χ3v) is 2.83. The summed E-state index contributed by atoms with van der Waals surface area (Å²) in [5, 5.41) is 11.4. The smallest absolute Gasteiger partial charge is 0.255 e. The molecule has 2 aromatic rings. The Hall–Kier alpha value is -2.84. The van der Waals surface area contributed by atoms with Crippen molar-refractivity contribution >= 4 is 11.6 Å². The molecule has 0 fully saturated rings. The highest BCUT2D eigenvalue weighted by molar-refractivity contribution is 6.04. The normalized spacial score (nSPS) is 9.62. The van der Waals surface area contributed by atoms with E-state index >= 15 is 0 Å². The van der Waals surface area contributed by atoms with Gasteiger partial charge < -0.3 is 15.4 Å². The highest BCUT2D eigenvalue weighted by atomic mass is 16.2. The molecule has 5 nitrogen and oxygen atoms in total. The first-order valence-electron chi connectivity index (χ1n) is 6.30. The van der Waals surface area contributed by atoms with Gasteiger partial charge in [-0.2, -0.15) is 0 Å². The van der Waals surface area contributed by atoms with Crippen LogP contribution in [0.1, 0.15) is 21.5 Å². The molecule has 0 saturated heterocycles. The molecule has 0 saturated carbocycles. The number of rotatable bonds is 2. The van der Waals surface area contributed by atoms with E-state index in [0.717, 1.165) is 5.56 Å². The lowest BCUT2D eigenvalue weighted by atomic mass is 10.1. The number of nitrogens with one attached hydrogen (secondary N) is 2. The molecule has 0 spiro atoms. The highest BCUT2D eigenvalue weighted by Gasteiger charge is 2.08. The summed E-state index contributed by atoms with van der Waals surface area (Å²) < 4.78 is 0. The minimum absolute atomic E-state index is 0.220. The van der Waals surface area contributed by atoms with Gasteiger partial charge in [-0.05, 0) is 30.7 Å². The van der Waals surface area contributed by atoms with E-state index in [2.05, 4.69) is 22.1 Å². The molecule has 5 heteroatoms. The third kappa shape index (κ3) is 3.81. The van der Waals surface area contributed by atoms with E-state index in [1.807, 2.05) is 13.0 Å². The molecular weight excluding hydrogens is 268 g/mol. The lowest BCUT2D eigenvalue weighted by Gasteiger charge is -2.08. The van der Waals surface area contributed by atoms with Gasteiger partial charge in [-0.1, -0.05) is 17.9 Å². The van der Waals surface area contributed by atoms with Crippen molar-refractivity contribution < 1.29 is 9.90 Å². The van der Waals surface area contributed by atoms with Crippen LogP contribution < -0.4 is 10.9 Å². The molecule has 0 aliphatic carbocycles. The van der Waals surface area contributed by atoms with Gasteiger partial charge in [0.1, 0.15) is 6.61 Å². The summed E-state index contributed by atoms with van der Waals surface area (Å²) in [4.78, 5) is 25.8. The number of amides is 1. The largest absolute Gasteiger partial charge is 0.384 e. The Kier molecular flexibility index (Phi) is 4.54. The molecular formula is C16H14N2O3. The maximum Gasteiger partial charge on any atom is 0.255 e. The maximum atomic E-state index is 12.1. The zero-order valence-electron chi connectivity index (χ0n) is 11.4. The van der Waals surface area contributed by atoms with Crippen molar-refractivity contribution in [1.29, 1.82) is 0 Å². The molecule has 0 aliphatic heterocycles. The number of hydrogen-bond donors (Lipinski definition) is 3. The number of aromatic amines is 1. The van der Waals surface area contributed by atoms with Crippen LogP contribution in [0.15, 0.2) is 41.3 Å². The molecule has 0 unspecified atom stereocenters. The SMILES string of the molecule is Cc1ccc(C#CCO)cc1NC(=O)c1cc[nH]c(=O)c1. The number of carbonyl (C=O) groups excluding carboxylic acids is 1. The number of aromatic nitrogens is 1. The van der Waals surface area contributed by atoms with Gasteiger partial charge in [-0.15, -0.1) is 0 Å². The second kappa shape index (κ2) is 6.55. The van der Waals surface area contributed by atoms with Gasteiger partial charge in [-0.3, -0.25) is 9.59 Å². The first kappa shape index (κ1) is 14.6. The quantitative estimate of drug-likeness (QED) is 0.726. The zero-order chi connectivity index (χ0) is 15.2. The predicted octanol–water partition coefficient (Wildman–Crippen LogP) is 1.28. The van der Waals surface area contributed by atoms with Gasteiger partial charge in [0, 0.05) is 29.1 Å². The van der Waals surface area contributed by atoms with Gasteiger partial charge >= 0.3 is 0 Å². The Morgan fingerprint density at radius 1 is 1.33 bits per heavy atom. The number of pyridine rings is 1. The number of benzene rings is 1. The monoisotopic (exact) mass is 282 g/mol. The summed E-state index contributed by atoms with van der Waals surface area (Å²) in [5.41, 5.74) is 2.13. The van der Waals surface area contributed by atoms with Gasteiger partial charge in [-0.25, -0.2) is 0 Å². The van der Waals surface area contributed by atoms with Crippen LogP contribution in [0.5, 0.6) is 0 Å². The molecule has 2 rings (SSSR count). The molecule has 0 bridgehead atoms. The molecule has 3 N–H and O–H groups in total. The summed E-state index contributed by atoms with van der Waals surface area (Å²) in [6.45, 7) is 1.64. The minimum Gasteiger partial charge on any atom is -0.384 e. The summed E-state index contributed by atoms with van der Waals surface area (Å²) in [6.07, 6.45) is 1.42. The average molecular weight is 282 g/mol. The number of carbonyl (C=O) groups is 1. The summed E-state index contributed by atoms with van der Waals surface area (Å²) in [5.74, 6) is 4.96. The van der Waals surface area contributed by atoms with Crippen LogP contribution in [0.2, 0.25) is 0 Å². The van der Waals surface area contributed by atoms with Gasteiger partial charge in [0.2, 0.25) is 5.56 Å². The molecule has 21 heavy (non-hydrogen) atoms. The van der Waals surface area contributed by atoms with Crippen LogP contribution in [0, 0.1) is 18.8 Å². The van der Waals surface area contributed by atoms with Gasteiger partial charge in [0.15, 0.2) is 0 Å². The number of aliphatic hydroxyl groups excluding tert-OH is 1. The number of H-pyrrole nitrogens is 1. The fourth-order valence-electron chi connectivity index (χ4n) is 1.76. The number of anilines is 1. The summed E-state index contributed by atoms with van der Waals surface area (Å²) in [7, 11) is 0. The molecule has 1 aromatic heterocycles. The molecule has 1 amide bonds. The Morgan fingerprint density at radius 3 is 2.86 bits per heavy atom. The first-order valence-corrected chi connectivity index (χ1v) is 6.30. The van der Waals surface area contributed by atoms with Crippen molar-refractivity contribution in [1.82, 2.24) is 4.98 Å². The Morgan fingerprint density at radius 2 is 2.14 bits per heavy atom. The van der Waals surface area contributed by atoms with E-state index in [0.29, 0.717) is 11.3 Å². The third-order valence-electron chi connectivity index (χ3n) is 2.83. The Bertz CT molecular complexity index is 782. The van der Waals surface area contributed by atoms with Crippen LogP contribution in [0.25, 0.3) is 0 Å². The van der Waals surface area contributed by atoms with Crippen molar-refractivity contribution in [2.45, 2.75) is 6.92 Å². The van der Waals surface area contributed by atoms with Gasteiger partial charge in [0.05, 0.1) is 0 Å². The fraction of sp³-hybridized carbons (Fsp3) is 0.125. The van der Waals surface area contributed by atoms with Crippen LogP contribution in [-0.2, 0) is 0 Å². The molecule has 0 atom stereocenters. The standard InChI is InChI=1S/C16H14N2O3/c1-11-4-5-12(3-2-8-19)9-14(11)18-16(21)13-6-7-17-15(20)10-13/h4-7,9-10,19H,8H2,1H3,(H,17,20)(H,18,21). The van der Waals surface area contributed by atoms with E-state index in [4.69, 9.17) is 5.11 Å². The number of hydrogen-bond acceptors (Lipinski definition) is 3. The van der Waals surface area contributed by atoms with E-state index in [1.54, 1.807) is 12.1 Å². The maximum absolute atomic E-state index is 12.1. The van der Waals surface area contributed by atoms with E-state index < -0.39 is 0 Å². The molecule has 1 aromatic carbocycles. The van der Waals surface area contributed by atoms with E-state index in [-0.39, 0.29) is 23.6 Å². The van der Waals surface area contributed by atoms with Crippen LogP contribution in [0.3, 0.4) is 0 Å². The van der Waals surface area contributed by atoms with Crippen LogP contribution in [0.4, 0.5) is 5.69 Å². The van der Waals surface area contributed by atoms with E-state index in [1.165, 1.54) is 18.3 Å². The second-order valence-electron chi connectivity index (χ2n) is 4.39. The van der Waals surface area contributed by atoms with Gasteiger partial charge in [0.25, 0.3) is 5.91 Å². The predicted molar refractivity (Wildman–Crippen MR) is 80.2 cm³/mol. The van der Waals surface area contributed by atoms with Crippen molar-refractivity contribution in [3.63, 3.8) is 0 Å². The topological polar surface area (TPSA) is 82.2 Å². The Labute approximate surface area is 121 Å².